The molecule has 0 unspecified atom stereocenters. The predicted octanol–water partition coefficient (Wildman–Crippen LogP) is 2.87. The second kappa shape index (κ2) is 4.05. The molecule has 0 aromatic heterocycles. The van der Waals surface area contributed by atoms with Gasteiger partial charge in [0.25, 0.3) is 0 Å². The minimum absolute atomic E-state index is 0.204. The minimum atomic E-state index is 0.204. The fourth-order valence-corrected chi connectivity index (χ4v) is 1.05. The predicted molar refractivity (Wildman–Crippen MR) is 50.0 cm³/mol. The molecule has 1 aromatic carbocycles. The van der Waals surface area contributed by atoms with E-state index in [0.29, 0.717) is 6.42 Å². The van der Waals surface area contributed by atoms with Crippen LogP contribution in [0.1, 0.15) is 30.6 Å². The Labute approximate surface area is 73.4 Å². The zero-order valence-electron chi connectivity index (χ0n) is 7.50. The molecule has 0 aliphatic heterocycles. The van der Waals surface area contributed by atoms with Crippen molar-refractivity contribution in [1.82, 2.24) is 0 Å². The van der Waals surface area contributed by atoms with Crippen molar-refractivity contribution in [3.8, 4) is 0 Å². The number of carbonyl (C=O) groups excluding carboxylic acids is 1. The highest BCUT2D eigenvalue weighted by Crippen LogP contribution is 2.09. The molecule has 0 saturated heterocycles. The van der Waals surface area contributed by atoms with Crippen molar-refractivity contribution in [3.05, 3.63) is 41.8 Å². The first-order valence-electron chi connectivity index (χ1n) is 4.07. The lowest BCUT2D eigenvalue weighted by molar-refractivity contribution is 0.0987. The molecule has 1 nitrogen and oxygen atoms in total. The van der Waals surface area contributed by atoms with Crippen molar-refractivity contribution < 1.29 is 4.79 Å². The van der Waals surface area contributed by atoms with Gasteiger partial charge in [-0.3, -0.25) is 4.79 Å². The van der Waals surface area contributed by atoms with E-state index in [2.05, 4.69) is 0 Å². The summed E-state index contributed by atoms with van der Waals surface area (Å²) in [6, 6.07) is 9.40. The Morgan fingerprint density at radius 3 is 2.25 bits per heavy atom. The van der Waals surface area contributed by atoms with Crippen LogP contribution < -0.4 is 0 Å². The molecule has 0 fully saturated rings. The fraction of sp³-hybridized carbons (Fsp3) is 0.273. The fourth-order valence-electron chi connectivity index (χ4n) is 1.05. The second-order valence-electron chi connectivity index (χ2n) is 3.17. The number of hydrogen-bond acceptors (Lipinski definition) is 1. The lowest BCUT2D eigenvalue weighted by Crippen LogP contribution is -2.01. The van der Waals surface area contributed by atoms with Gasteiger partial charge in [0.1, 0.15) is 0 Å². The van der Waals surface area contributed by atoms with Crippen LogP contribution in [-0.4, -0.2) is 5.78 Å². The van der Waals surface area contributed by atoms with Crippen LogP contribution in [0.2, 0.25) is 0 Å². The van der Waals surface area contributed by atoms with Crippen LogP contribution in [0, 0.1) is 5.92 Å². The zero-order chi connectivity index (χ0) is 8.97. The van der Waals surface area contributed by atoms with Gasteiger partial charge in [-0.05, 0) is 5.92 Å². The molecule has 1 heteroatoms. The lowest BCUT2D eigenvalue weighted by atomic mass is 10.0. The Bertz CT molecular complexity index is 249. The molecule has 63 valence electrons. The summed E-state index contributed by atoms with van der Waals surface area (Å²) in [7, 11) is 0. The van der Waals surface area contributed by atoms with Crippen LogP contribution in [-0.2, 0) is 0 Å². The molecule has 12 heavy (non-hydrogen) atoms. The number of hydrogen-bond donors (Lipinski definition) is 0. The molecule has 0 aliphatic carbocycles. The Balaban J connectivity index is 2.66. The Hall–Kier alpha value is -1.11. The molecule has 1 radical (unpaired) electrons. The van der Waals surface area contributed by atoms with Gasteiger partial charge < -0.3 is 0 Å². The first kappa shape index (κ1) is 8.98. The molecule has 0 heterocycles. The van der Waals surface area contributed by atoms with E-state index in [1.807, 2.05) is 44.2 Å². The number of Topliss-reactive ketones (excluding diaryl/α,β-unsaturated/α-hetero) is 1. The van der Waals surface area contributed by atoms with E-state index in [1.165, 1.54) is 0 Å². The molecular weight excluding hydrogens is 148 g/mol. The van der Waals surface area contributed by atoms with Crippen LogP contribution in [0.15, 0.2) is 30.3 Å². The van der Waals surface area contributed by atoms with Crippen LogP contribution in [0.5, 0.6) is 0 Å². The van der Waals surface area contributed by atoms with E-state index in [0.717, 1.165) is 11.5 Å². The first-order chi connectivity index (χ1) is 5.70. The van der Waals surface area contributed by atoms with Crippen LogP contribution >= 0.6 is 0 Å². The van der Waals surface area contributed by atoms with E-state index in [4.69, 9.17) is 0 Å². The maximum absolute atomic E-state index is 11.4. The van der Waals surface area contributed by atoms with E-state index < -0.39 is 0 Å². The average Bonchev–Trinajstić information content (AvgIpc) is 2.05. The maximum Gasteiger partial charge on any atom is 0.163 e. The monoisotopic (exact) mass is 161 g/mol. The largest absolute Gasteiger partial charge is 0.294 e. The molecule has 0 saturated carbocycles. The summed E-state index contributed by atoms with van der Waals surface area (Å²) < 4.78 is 0. The van der Waals surface area contributed by atoms with Gasteiger partial charge in [0.05, 0.1) is 0 Å². The Morgan fingerprint density at radius 1 is 1.17 bits per heavy atom. The molecule has 0 aliphatic rings. The van der Waals surface area contributed by atoms with Gasteiger partial charge in [0.15, 0.2) is 5.78 Å². The van der Waals surface area contributed by atoms with Gasteiger partial charge in [-0.15, -0.1) is 0 Å². The topological polar surface area (TPSA) is 17.1 Å². The summed E-state index contributed by atoms with van der Waals surface area (Å²) in [5.74, 6) is 1.36. The Kier molecular flexibility index (Phi) is 3.03. The van der Waals surface area contributed by atoms with Crippen LogP contribution in [0.25, 0.3) is 0 Å². The maximum atomic E-state index is 11.4. The molecular formula is C11H13O. The smallest absolute Gasteiger partial charge is 0.163 e. The van der Waals surface area contributed by atoms with Crippen LogP contribution in [0.4, 0.5) is 0 Å². The summed E-state index contributed by atoms with van der Waals surface area (Å²) in [6.45, 7) is 3.95. The van der Waals surface area contributed by atoms with E-state index >= 15 is 0 Å². The molecule has 0 bridgehead atoms. The second-order valence-corrected chi connectivity index (χ2v) is 3.17. The van der Waals surface area contributed by atoms with Gasteiger partial charge >= 0.3 is 0 Å². The number of ketones is 1. The highest BCUT2D eigenvalue weighted by atomic mass is 16.1. The summed E-state index contributed by atoms with van der Waals surface area (Å²) in [6.07, 6.45) is 0.560. The van der Waals surface area contributed by atoms with Crippen molar-refractivity contribution >= 4 is 5.78 Å². The molecule has 0 N–H and O–H groups in total. The van der Waals surface area contributed by atoms with Crippen LogP contribution in [0.3, 0.4) is 0 Å². The SMILES string of the molecule is C[C](C)CC(=O)c1ccccc1. The van der Waals surface area contributed by atoms with Gasteiger partial charge in [0, 0.05) is 12.0 Å². The van der Waals surface area contributed by atoms with Crippen molar-refractivity contribution in [2.45, 2.75) is 20.3 Å². The highest BCUT2D eigenvalue weighted by molar-refractivity contribution is 5.96. The molecule has 0 amide bonds. The standard InChI is InChI=1S/C11H13O/c1-9(2)8-11(12)10-6-4-3-5-7-10/h3-7H,8H2,1-2H3. The number of benzene rings is 1. The van der Waals surface area contributed by atoms with Crippen molar-refractivity contribution in [3.63, 3.8) is 0 Å². The quantitative estimate of drug-likeness (QED) is 0.623. The van der Waals surface area contributed by atoms with Gasteiger partial charge in [-0.1, -0.05) is 44.2 Å². The van der Waals surface area contributed by atoms with Gasteiger partial charge in [-0.25, -0.2) is 0 Å². The van der Waals surface area contributed by atoms with Gasteiger partial charge in [0.2, 0.25) is 0 Å². The third kappa shape index (κ3) is 2.50. The van der Waals surface area contributed by atoms with E-state index in [9.17, 15) is 4.79 Å². The number of carbonyl (C=O) groups is 1. The summed E-state index contributed by atoms with van der Waals surface area (Å²) >= 11 is 0. The average molecular weight is 161 g/mol. The van der Waals surface area contributed by atoms with Crippen molar-refractivity contribution in [1.29, 1.82) is 0 Å². The number of rotatable bonds is 3. The van der Waals surface area contributed by atoms with E-state index in [-0.39, 0.29) is 5.78 Å². The highest BCUT2D eigenvalue weighted by Gasteiger charge is 2.06. The van der Waals surface area contributed by atoms with Crippen molar-refractivity contribution in [2.24, 2.45) is 0 Å². The van der Waals surface area contributed by atoms with Crippen molar-refractivity contribution in [2.75, 3.05) is 0 Å². The normalized spacial score (nSPS) is 10.2. The van der Waals surface area contributed by atoms with Gasteiger partial charge in [-0.2, -0.15) is 0 Å². The third-order valence-electron chi connectivity index (χ3n) is 1.61. The van der Waals surface area contributed by atoms with E-state index in [1.54, 1.807) is 0 Å². The summed E-state index contributed by atoms with van der Waals surface area (Å²) in [5.41, 5.74) is 0.804. The zero-order valence-corrected chi connectivity index (χ0v) is 7.50. The molecule has 1 aromatic rings. The first-order valence-corrected chi connectivity index (χ1v) is 4.07. The third-order valence-corrected chi connectivity index (χ3v) is 1.61. The summed E-state index contributed by atoms with van der Waals surface area (Å²) in [4.78, 5) is 11.4. The molecule has 0 atom stereocenters. The molecule has 0 spiro atoms. The lowest BCUT2D eigenvalue weighted by Gasteiger charge is -2.02. The minimum Gasteiger partial charge on any atom is -0.294 e. The molecule has 1 rings (SSSR count). The Morgan fingerprint density at radius 2 is 1.75 bits per heavy atom. The summed E-state index contributed by atoms with van der Waals surface area (Å²) in [5, 5.41) is 0.